The van der Waals surface area contributed by atoms with Gasteiger partial charge in [-0.3, -0.25) is 0 Å². The molecule has 0 aromatic heterocycles. The maximum Gasteiger partial charge on any atom is 0.0547 e. The average Bonchev–Trinajstić information content (AvgIpc) is 2.67. The normalized spacial score (nSPS) is 39.8. The Morgan fingerprint density at radius 3 is 2.55 bits per heavy atom. The molecule has 2 nitrogen and oxygen atoms in total. The largest absolute Gasteiger partial charge is 0.380 e. The van der Waals surface area contributed by atoms with Crippen LogP contribution >= 0.6 is 0 Å². The van der Waals surface area contributed by atoms with E-state index in [0.717, 1.165) is 31.6 Å². The Balaban J connectivity index is 1.93. The number of hydrogen-bond acceptors (Lipinski definition) is 2. The minimum Gasteiger partial charge on any atom is -0.380 e. The van der Waals surface area contributed by atoms with E-state index in [1.54, 1.807) is 0 Å². The molecule has 0 bridgehead atoms. The molecule has 0 aromatic rings. The van der Waals surface area contributed by atoms with Crippen molar-refractivity contribution in [2.75, 3.05) is 19.8 Å². The standard InChI is InChI=1S/C9H17NO/c1-2-9(5-11-6-9)8-3-7(8)4-10/h7-8H,2-6,10H2,1H3/t7-,8+/m0/s1. The fourth-order valence-corrected chi connectivity index (χ4v) is 2.30. The van der Waals surface area contributed by atoms with Gasteiger partial charge in [-0.1, -0.05) is 6.92 Å². The monoisotopic (exact) mass is 155 g/mol. The van der Waals surface area contributed by atoms with Gasteiger partial charge in [-0.05, 0) is 31.2 Å². The zero-order valence-electron chi connectivity index (χ0n) is 7.18. The first-order valence-electron chi connectivity index (χ1n) is 4.60. The minimum absolute atomic E-state index is 0.546. The van der Waals surface area contributed by atoms with Crippen LogP contribution in [0.2, 0.25) is 0 Å². The van der Waals surface area contributed by atoms with Gasteiger partial charge in [-0.25, -0.2) is 0 Å². The molecule has 0 spiro atoms. The summed E-state index contributed by atoms with van der Waals surface area (Å²) in [6.07, 6.45) is 2.63. The first kappa shape index (κ1) is 7.56. The van der Waals surface area contributed by atoms with Crippen LogP contribution in [-0.2, 0) is 4.74 Å². The highest BCUT2D eigenvalue weighted by Gasteiger charge is 2.54. The number of hydrogen-bond donors (Lipinski definition) is 1. The van der Waals surface area contributed by atoms with Gasteiger partial charge in [-0.2, -0.15) is 0 Å². The molecule has 0 unspecified atom stereocenters. The Morgan fingerprint density at radius 1 is 1.55 bits per heavy atom. The Hall–Kier alpha value is -0.0800. The van der Waals surface area contributed by atoms with Gasteiger partial charge in [0.15, 0.2) is 0 Å². The maximum absolute atomic E-state index is 5.61. The van der Waals surface area contributed by atoms with Crippen molar-refractivity contribution in [3.8, 4) is 0 Å². The molecule has 1 saturated heterocycles. The minimum atomic E-state index is 0.546. The number of nitrogens with two attached hydrogens (primary N) is 1. The predicted octanol–water partition coefficient (Wildman–Crippen LogP) is 1.01. The van der Waals surface area contributed by atoms with E-state index in [0.29, 0.717) is 5.41 Å². The lowest BCUT2D eigenvalue weighted by Crippen LogP contribution is -2.44. The van der Waals surface area contributed by atoms with Crippen molar-refractivity contribution in [1.29, 1.82) is 0 Å². The summed E-state index contributed by atoms with van der Waals surface area (Å²) in [5, 5.41) is 0. The lowest BCUT2D eigenvalue weighted by atomic mass is 9.77. The molecule has 1 saturated carbocycles. The van der Waals surface area contributed by atoms with E-state index in [9.17, 15) is 0 Å². The van der Waals surface area contributed by atoms with Gasteiger partial charge >= 0.3 is 0 Å². The molecule has 2 rings (SSSR count). The second-order valence-electron chi connectivity index (χ2n) is 4.05. The van der Waals surface area contributed by atoms with Crippen LogP contribution in [0, 0.1) is 17.3 Å². The molecule has 64 valence electrons. The lowest BCUT2D eigenvalue weighted by Gasteiger charge is -2.41. The first-order chi connectivity index (χ1) is 5.32. The highest BCUT2D eigenvalue weighted by Crippen LogP contribution is 2.55. The topological polar surface area (TPSA) is 35.2 Å². The maximum atomic E-state index is 5.61. The summed E-state index contributed by atoms with van der Waals surface area (Å²) < 4.78 is 5.28. The van der Waals surface area contributed by atoms with Crippen molar-refractivity contribution >= 4 is 0 Å². The van der Waals surface area contributed by atoms with Crippen LogP contribution in [0.3, 0.4) is 0 Å². The van der Waals surface area contributed by atoms with Crippen LogP contribution in [0.5, 0.6) is 0 Å². The molecule has 1 aliphatic carbocycles. The summed E-state index contributed by atoms with van der Waals surface area (Å²) in [6.45, 7) is 5.14. The van der Waals surface area contributed by atoms with Crippen LogP contribution in [0.4, 0.5) is 0 Å². The van der Waals surface area contributed by atoms with E-state index in [2.05, 4.69) is 6.92 Å². The number of ether oxygens (including phenoxy) is 1. The van der Waals surface area contributed by atoms with Crippen molar-refractivity contribution < 1.29 is 4.74 Å². The van der Waals surface area contributed by atoms with Gasteiger partial charge in [0.05, 0.1) is 13.2 Å². The van der Waals surface area contributed by atoms with Gasteiger partial charge in [-0.15, -0.1) is 0 Å². The van der Waals surface area contributed by atoms with Crippen LogP contribution in [0.25, 0.3) is 0 Å². The molecule has 2 atom stereocenters. The van der Waals surface area contributed by atoms with Crippen molar-refractivity contribution in [2.45, 2.75) is 19.8 Å². The molecule has 0 radical (unpaired) electrons. The first-order valence-corrected chi connectivity index (χ1v) is 4.60. The highest BCUT2D eigenvalue weighted by atomic mass is 16.5. The van der Waals surface area contributed by atoms with Crippen LogP contribution in [-0.4, -0.2) is 19.8 Å². The Kier molecular flexibility index (Phi) is 1.69. The third-order valence-electron chi connectivity index (χ3n) is 3.50. The summed E-state index contributed by atoms with van der Waals surface area (Å²) >= 11 is 0. The average molecular weight is 155 g/mol. The van der Waals surface area contributed by atoms with Crippen molar-refractivity contribution in [3.05, 3.63) is 0 Å². The van der Waals surface area contributed by atoms with E-state index < -0.39 is 0 Å². The zero-order chi connectivity index (χ0) is 7.90. The van der Waals surface area contributed by atoms with Gasteiger partial charge < -0.3 is 10.5 Å². The quantitative estimate of drug-likeness (QED) is 0.660. The molecule has 2 fully saturated rings. The molecule has 2 N–H and O–H groups in total. The summed E-state index contributed by atoms with van der Waals surface area (Å²) in [7, 11) is 0. The van der Waals surface area contributed by atoms with Gasteiger partial charge in [0.2, 0.25) is 0 Å². The van der Waals surface area contributed by atoms with Gasteiger partial charge in [0, 0.05) is 5.41 Å². The molecular weight excluding hydrogens is 138 g/mol. The second-order valence-corrected chi connectivity index (χ2v) is 4.05. The van der Waals surface area contributed by atoms with Crippen LogP contribution in [0.1, 0.15) is 19.8 Å². The van der Waals surface area contributed by atoms with Gasteiger partial charge in [0.25, 0.3) is 0 Å². The molecule has 0 aromatic carbocycles. The SMILES string of the molecule is CCC1([C@@H]2C[C@H]2CN)COC1. The Labute approximate surface area is 68.1 Å². The molecule has 2 heteroatoms. The summed E-state index contributed by atoms with van der Waals surface area (Å²) in [4.78, 5) is 0. The zero-order valence-corrected chi connectivity index (χ0v) is 7.18. The third kappa shape index (κ3) is 1.00. The molecule has 11 heavy (non-hydrogen) atoms. The van der Waals surface area contributed by atoms with Crippen LogP contribution in [0.15, 0.2) is 0 Å². The molecule has 2 aliphatic rings. The second kappa shape index (κ2) is 2.46. The highest BCUT2D eigenvalue weighted by molar-refractivity contribution is 5.03. The molecule has 0 amide bonds. The number of rotatable bonds is 3. The summed E-state index contributed by atoms with van der Waals surface area (Å²) in [5.74, 6) is 1.71. The van der Waals surface area contributed by atoms with E-state index >= 15 is 0 Å². The molecule has 1 heterocycles. The van der Waals surface area contributed by atoms with E-state index in [4.69, 9.17) is 10.5 Å². The van der Waals surface area contributed by atoms with E-state index in [1.165, 1.54) is 12.8 Å². The summed E-state index contributed by atoms with van der Waals surface area (Å²) in [6, 6.07) is 0. The van der Waals surface area contributed by atoms with Crippen molar-refractivity contribution in [2.24, 2.45) is 23.0 Å². The third-order valence-corrected chi connectivity index (χ3v) is 3.50. The van der Waals surface area contributed by atoms with Crippen molar-refractivity contribution in [3.63, 3.8) is 0 Å². The summed E-state index contributed by atoms with van der Waals surface area (Å²) in [5.41, 5.74) is 6.16. The molecule has 1 aliphatic heterocycles. The predicted molar refractivity (Wildman–Crippen MR) is 44.2 cm³/mol. The van der Waals surface area contributed by atoms with E-state index in [-0.39, 0.29) is 0 Å². The Bertz CT molecular complexity index is 148. The van der Waals surface area contributed by atoms with Crippen molar-refractivity contribution in [1.82, 2.24) is 0 Å². The molecular formula is C9H17NO. The fourth-order valence-electron chi connectivity index (χ4n) is 2.30. The smallest absolute Gasteiger partial charge is 0.0547 e. The van der Waals surface area contributed by atoms with E-state index in [1.807, 2.05) is 0 Å². The van der Waals surface area contributed by atoms with Gasteiger partial charge in [0.1, 0.15) is 0 Å². The van der Waals surface area contributed by atoms with Crippen LogP contribution < -0.4 is 5.73 Å². The fraction of sp³-hybridized carbons (Fsp3) is 1.00. The Morgan fingerprint density at radius 2 is 2.27 bits per heavy atom. The lowest BCUT2D eigenvalue weighted by molar-refractivity contribution is -0.130.